The highest BCUT2D eigenvalue weighted by atomic mass is 19.1. The molecule has 0 aliphatic heterocycles. The lowest BCUT2D eigenvalue weighted by Gasteiger charge is -2.17. The summed E-state index contributed by atoms with van der Waals surface area (Å²) in [6.07, 6.45) is 6.89. The Kier molecular flexibility index (Phi) is 4.77. The lowest BCUT2D eigenvalue weighted by Crippen LogP contribution is -1.98. The van der Waals surface area contributed by atoms with Crippen LogP contribution < -0.4 is 0 Å². The van der Waals surface area contributed by atoms with E-state index in [2.05, 4.69) is 31.0 Å². The number of aromatic nitrogens is 1. The summed E-state index contributed by atoms with van der Waals surface area (Å²) in [5.74, 6) is -0.496. The zero-order chi connectivity index (χ0) is 19.0. The molecule has 0 radical (unpaired) electrons. The number of benzene rings is 2. The van der Waals surface area contributed by atoms with Crippen molar-refractivity contribution in [3.63, 3.8) is 0 Å². The normalized spacial score (nSPS) is 14.7. The fourth-order valence-electron chi connectivity index (χ4n) is 4.38. The van der Waals surface area contributed by atoms with E-state index in [-0.39, 0.29) is 0 Å². The summed E-state index contributed by atoms with van der Waals surface area (Å²) in [4.78, 5) is 4.30. The predicted octanol–water partition coefficient (Wildman–Crippen LogP) is 6.97. The van der Waals surface area contributed by atoms with E-state index < -0.39 is 11.6 Å². The standard InChI is InChI=1S/C24H23F2N/c1-15-11-19(17-5-3-4-6-17)12-16(2)24(15)18-9-10-27-23(13-18)21-8-7-20(25)14-22(21)26/h7-14,17H,3-6H2,1-2H3. The first kappa shape index (κ1) is 17.8. The van der Waals surface area contributed by atoms with Crippen molar-refractivity contribution in [1.82, 2.24) is 4.98 Å². The monoisotopic (exact) mass is 363 g/mol. The molecule has 27 heavy (non-hydrogen) atoms. The molecule has 0 amide bonds. The Balaban J connectivity index is 1.75. The lowest BCUT2D eigenvalue weighted by atomic mass is 9.88. The highest BCUT2D eigenvalue weighted by Gasteiger charge is 2.19. The number of nitrogens with zero attached hydrogens (tertiary/aromatic N) is 1. The minimum atomic E-state index is -0.593. The summed E-state index contributed by atoms with van der Waals surface area (Å²) < 4.78 is 27.4. The zero-order valence-electron chi connectivity index (χ0n) is 15.7. The van der Waals surface area contributed by atoms with E-state index in [9.17, 15) is 8.78 Å². The number of aryl methyl sites for hydroxylation is 2. The van der Waals surface area contributed by atoms with Gasteiger partial charge in [-0.25, -0.2) is 8.78 Å². The summed E-state index contributed by atoms with van der Waals surface area (Å²) in [6, 6.07) is 12.1. The molecule has 0 spiro atoms. The van der Waals surface area contributed by atoms with Crippen LogP contribution in [0.25, 0.3) is 22.4 Å². The van der Waals surface area contributed by atoms with E-state index >= 15 is 0 Å². The molecule has 1 aliphatic carbocycles. The third kappa shape index (κ3) is 3.51. The van der Waals surface area contributed by atoms with Crippen LogP contribution in [0.4, 0.5) is 8.78 Å². The molecule has 2 aromatic carbocycles. The molecule has 0 unspecified atom stereocenters. The molecule has 3 aromatic rings. The van der Waals surface area contributed by atoms with Gasteiger partial charge in [0.15, 0.2) is 0 Å². The SMILES string of the molecule is Cc1cc(C2CCCC2)cc(C)c1-c1ccnc(-c2ccc(F)cc2F)c1. The van der Waals surface area contributed by atoms with Gasteiger partial charge in [0.2, 0.25) is 0 Å². The summed E-state index contributed by atoms with van der Waals surface area (Å²) >= 11 is 0. The second kappa shape index (κ2) is 7.22. The van der Waals surface area contributed by atoms with E-state index in [0.717, 1.165) is 11.6 Å². The summed E-state index contributed by atoms with van der Waals surface area (Å²) in [7, 11) is 0. The molecule has 1 aliphatic rings. The fraction of sp³-hybridized carbons (Fsp3) is 0.292. The number of hydrogen-bond donors (Lipinski definition) is 0. The van der Waals surface area contributed by atoms with E-state index in [1.807, 2.05) is 12.1 Å². The van der Waals surface area contributed by atoms with Crippen LogP contribution in [0.15, 0.2) is 48.7 Å². The maximum absolute atomic E-state index is 14.2. The fourth-order valence-corrected chi connectivity index (χ4v) is 4.38. The van der Waals surface area contributed by atoms with Crippen molar-refractivity contribution in [2.45, 2.75) is 45.4 Å². The van der Waals surface area contributed by atoms with Crippen LogP contribution in [0.1, 0.15) is 48.3 Å². The number of pyridine rings is 1. The van der Waals surface area contributed by atoms with Crippen LogP contribution in [0, 0.1) is 25.5 Å². The molecule has 1 aromatic heterocycles. The molecule has 1 saturated carbocycles. The molecule has 0 saturated heterocycles. The summed E-state index contributed by atoms with van der Waals surface area (Å²) in [5.41, 5.74) is 6.91. The highest BCUT2D eigenvalue weighted by molar-refractivity contribution is 5.75. The molecule has 4 rings (SSSR count). The van der Waals surface area contributed by atoms with Crippen LogP contribution in [0.3, 0.4) is 0 Å². The molecule has 3 heteroatoms. The van der Waals surface area contributed by atoms with Crippen molar-refractivity contribution in [3.8, 4) is 22.4 Å². The van der Waals surface area contributed by atoms with Crippen LogP contribution in [-0.4, -0.2) is 4.98 Å². The topological polar surface area (TPSA) is 12.9 Å². The minimum absolute atomic E-state index is 0.316. The first-order valence-electron chi connectivity index (χ1n) is 9.56. The quantitative estimate of drug-likeness (QED) is 0.490. The van der Waals surface area contributed by atoms with Gasteiger partial charge in [-0.15, -0.1) is 0 Å². The second-order valence-corrected chi connectivity index (χ2v) is 7.57. The van der Waals surface area contributed by atoms with E-state index in [1.165, 1.54) is 60.1 Å². The number of hydrogen-bond acceptors (Lipinski definition) is 1. The Bertz CT molecular complexity index is 964. The van der Waals surface area contributed by atoms with Crippen molar-refractivity contribution < 1.29 is 8.78 Å². The molecular formula is C24H23F2N. The van der Waals surface area contributed by atoms with Crippen LogP contribution in [0.2, 0.25) is 0 Å². The van der Waals surface area contributed by atoms with Gasteiger partial charge < -0.3 is 0 Å². The Morgan fingerprint density at radius 3 is 2.26 bits per heavy atom. The van der Waals surface area contributed by atoms with Crippen LogP contribution in [0.5, 0.6) is 0 Å². The Morgan fingerprint density at radius 2 is 1.59 bits per heavy atom. The molecule has 0 N–H and O–H groups in total. The third-order valence-electron chi connectivity index (χ3n) is 5.64. The van der Waals surface area contributed by atoms with Gasteiger partial charge in [0, 0.05) is 17.8 Å². The van der Waals surface area contributed by atoms with Gasteiger partial charge in [0.1, 0.15) is 11.6 Å². The molecule has 0 bridgehead atoms. The molecule has 0 atom stereocenters. The molecule has 1 fully saturated rings. The maximum Gasteiger partial charge on any atom is 0.135 e. The van der Waals surface area contributed by atoms with E-state index in [0.29, 0.717) is 17.2 Å². The highest BCUT2D eigenvalue weighted by Crippen LogP contribution is 2.38. The largest absolute Gasteiger partial charge is 0.256 e. The van der Waals surface area contributed by atoms with Crippen molar-refractivity contribution in [3.05, 3.63) is 77.0 Å². The van der Waals surface area contributed by atoms with E-state index in [1.54, 1.807) is 6.20 Å². The Hall–Kier alpha value is -2.55. The van der Waals surface area contributed by atoms with Gasteiger partial charge in [-0.05, 0) is 84.7 Å². The Labute approximate surface area is 159 Å². The van der Waals surface area contributed by atoms with Gasteiger partial charge >= 0.3 is 0 Å². The second-order valence-electron chi connectivity index (χ2n) is 7.57. The van der Waals surface area contributed by atoms with E-state index in [4.69, 9.17) is 0 Å². The molecule has 1 heterocycles. The number of halogens is 2. The van der Waals surface area contributed by atoms with Crippen molar-refractivity contribution in [1.29, 1.82) is 0 Å². The van der Waals surface area contributed by atoms with Gasteiger partial charge in [0.05, 0.1) is 5.69 Å². The van der Waals surface area contributed by atoms with Crippen molar-refractivity contribution in [2.75, 3.05) is 0 Å². The maximum atomic E-state index is 14.2. The minimum Gasteiger partial charge on any atom is -0.256 e. The first-order chi connectivity index (χ1) is 13.0. The van der Waals surface area contributed by atoms with Gasteiger partial charge in [-0.2, -0.15) is 0 Å². The molecular weight excluding hydrogens is 340 g/mol. The molecule has 138 valence electrons. The molecule has 1 nitrogen and oxygen atoms in total. The summed E-state index contributed by atoms with van der Waals surface area (Å²) in [6.45, 7) is 4.28. The first-order valence-corrected chi connectivity index (χ1v) is 9.56. The predicted molar refractivity (Wildman–Crippen MR) is 106 cm³/mol. The van der Waals surface area contributed by atoms with Crippen molar-refractivity contribution in [2.24, 2.45) is 0 Å². The van der Waals surface area contributed by atoms with Crippen LogP contribution in [-0.2, 0) is 0 Å². The van der Waals surface area contributed by atoms with Gasteiger partial charge in [0.25, 0.3) is 0 Å². The lowest BCUT2D eigenvalue weighted by molar-refractivity contribution is 0.585. The van der Waals surface area contributed by atoms with Crippen LogP contribution >= 0.6 is 0 Å². The average molecular weight is 363 g/mol. The Morgan fingerprint density at radius 1 is 0.889 bits per heavy atom. The smallest absolute Gasteiger partial charge is 0.135 e. The number of rotatable bonds is 3. The van der Waals surface area contributed by atoms with Crippen molar-refractivity contribution >= 4 is 0 Å². The summed E-state index contributed by atoms with van der Waals surface area (Å²) in [5, 5.41) is 0. The third-order valence-corrected chi connectivity index (χ3v) is 5.64. The average Bonchev–Trinajstić information content (AvgIpc) is 3.16. The zero-order valence-corrected chi connectivity index (χ0v) is 15.7. The van der Waals surface area contributed by atoms with Gasteiger partial charge in [-0.1, -0.05) is 25.0 Å². The van der Waals surface area contributed by atoms with Gasteiger partial charge in [-0.3, -0.25) is 4.98 Å².